The number of carbonyl (C=O) groups excluding carboxylic acids is 2. The molecule has 0 unspecified atom stereocenters. The van der Waals surface area contributed by atoms with Gasteiger partial charge >= 0.3 is 11.8 Å². The standard InChI is InChI=1S/C18H19FN2O3/c1-12(10-13-6-5-7-14(11-13)24-2)20-17(22)18(23)21-16-9-4-3-8-15(16)19/h3-9,11-12H,10H2,1-2H3,(H,20,22)(H,21,23)/t12-/m1/s1. The summed E-state index contributed by atoms with van der Waals surface area (Å²) in [5, 5.41) is 4.84. The summed E-state index contributed by atoms with van der Waals surface area (Å²) >= 11 is 0. The Morgan fingerprint density at radius 3 is 2.58 bits per heavy atom. The Labute approximate surface area is 139 Å². The van der Waals surface area contributed by atoms with Crippen molar-refractivity contribution in [3.63, 3.8) is 0 Å². The zero-order valence-corrected chi connectivity index (χ0v) is 13.5. The van der Waals surface area contributed by atoms with Crippen LogP contribution in [0.3, 0.4) is 0 Å². The molecule has 126 valence electrons. The Balaban J connectivity index is 1.91. The van der Waals surface area contributed by atoms with Crippen LogP contribution in [0.25, 0.3) is 0 Å². The maximum atomic E-state index is 13.5. The number of hydrogen-bond donors (Lipinski definition) is 2. The van der Waals surface area contributed by atoms with Crippen LogP contribution < -0.4 is 15.4 Å². The molecule has 2 amide bonds. The van der Waals surface area contributed by atoms with Gasteiger partial charge in [-0.25, -0.2) is 4.39 Å². The number of ether oxygens (including phenoxy) is 1. The van der Waals surface area contributed by atoms with Crippen LogP contribution in [0.15, 0.2) is 48.5 Å². The molecule has 2 N–H and O–H groups in total. The highest BCUT2D eigenvalue weighted by atomic mass is 19.1. The van der Waals surface area contributed by atoms with Gasteiger partial charge in [-0.1, -0.05) is 24.3 Å². The molecule has 0 fully saturated rings. The van der Waals surface area contributed by atoms with Crippen molar-refractivity contribution in [1.82, 2.24) is 5.32 Å². The summed E-state index contributed by atoms with van der Waals surface area (Å²) in [6.07, 6.45) is 0.538. The zero-order valence-electron chi connectivity index (χ0n) is 13.5. The van der Waals surface area contributed by atoms with Gasteiger partial charge in [-0.15, -0.1) is 0 Å². The molecule has 0 spiro atoms. The Morgan fingerprint density at radius 1 is 1.12 bits per heavy atom. The molecule has 2 aromatic carbocycles. The van der Waals surface area contributed by atoms with Crippen molar-refractivity contribution >= 4 is 17.5 Å². The minimum atomic E-state index is -0.905. The van der Waals surface area contributed by atoms with E-state index in [1.165, 1.54) is 18.2 Å². The van der Waals surface area contributed by atoms with Crippen molar-refractivity contribution < 1.29 is 18.7 Å². The zero-order chi connectivity index (χ0) is 17.5. The number of para-hydroxylation sites is 1. The fourth-order valence-corrected chi connectivity index (χ4v) is 2.24. The van der Waals surface area contributed by atoms with Gasteiger partial charge in [-0.05, 0) is 43.2 Å². The van der Waals surface area contributed by atoms with Gasteiger partial charge in [0.15, 0.2) is 0 Å². The predicted octanol–water partition coefficient (Wildman–Crippen LogP) is 2.52. The van der Waals surface area contributed by atoms with Gasteiger partial charge in [0.05, 0.1) is 12.8 Å². The molecule has 0 heterocycles. The first-order valence-corrected chi connectivity index (χ1v) is 7.49. The highest BCUT2D eigenvalue weighted by Gasteiger charge is 2.17. The van der Waals surface area contributed by atoms with Crippen molar-refractivity contribution in [3.05, 3.63) is 59.9 Å². The summed E-state index contributed by atoms with van der Waals surface area (Å²) in [5.74, 6) is -1.59. The number of rotatable bonds is 5. The molecule has 2 aromatic rings. The molecule has 0 aliphatic heterocycles. The quantitative estimate of drug-likeness (QED) is 0.828. The van der Waals surface area contributed by atoms with E-state index in [1.807, 2.05) is 24.3 Å². The second kappa shape index (κ2) is 8.10. The molecule has 1 atom stereocenters. The van der Waals surface area contributed by atoms with E-state index >= 15 is 0 Å². The molecule has 24 heavy (non-hydrogen) atoms. The number of benzene rings is 2. The molecule has 6 heteroatoms. The van der Waals surface area contributed by atoms with Crippen molar-refractivity contribution in [1.29, 1.82) is 0 Å². The Kier molecular flexibility index (Phi) is 5.89. The van der Waals surface area contributed by atoms with Gasteiger partial charge in [0.1, 0.15) is 11.6 Å². The summed E-state index contributed by atoms with van der Waals surface area (Å²) in [5.41, 5.74) is 0.940. The summed E-state index contributed by atoms with van der Waals surface area (Å²) in [6, 6.07) is 12.9. The number of carbonyl (C=O) groups is 2. The van der Waals surface area contributed by atoms with Gasteiger partial charge in [-0.2, -0.15) is 0 Å². The molecule has 0 radical (unpaired) electrons. The lowest BCUT2D eigenvalue weighted by Gasteiger charge is -2.14. The van der Waals surface area contributed by atoms with E-state index in [0.717, 1.165) is 11.3 Å². The van der Waals surface area contributed by atoms with Crippen molar-refractivity contribution in [2.75, 3.05) is 12.4 Å². The molecule has 5 nitrogen and oxygen atoms in total. The van der Waals surface area contributed by atoms with Gasteiger partial charge in [0.2, 0.25) is 0 Å². The summed E-state index contributed by atoms with van der Waals surface area (Å²) in [4.78, 5) is 23.8. The van der Waals surface area contributed by atoms with Crippen LogP contribution in [-0.2, 0) is 16.0 Å². The van der Waals surface area contributed by atoms with Crippen molar-refractivity contribution in [2.24, 2.45) is 0 Å². The van der Waals surface area contributed by atoms with Crippen LogP contribution in [0.4, 0.5) is 10.1 Å². The third-order valence-electron chi connectivity index (χ3n) is 3.38. The lowest BCUT2D eigenvalue weighted by Crippen LogP contribution is -2.41. The minimum Gasteiger partial charge on any atom is -0.497 e. The van der Waals surface area contributed by atoms with E-state index in [4.69, 9.17) is 4.74 Å². The summed E-state index contributed by atoms with van der Waals surface area (Å²) in [7, 11) is 1.58. The smallest absolute Gasteiger partial charge is 0.313 e. The molecule has 0 aliphatic carbocycles. The number of amides is 2. The monoisotopic (exact) mass is 330 g/mol. The maximum Gasteiger partial charge on any atom is 0.313 e. The number of methoxy groups -OCH3 is 1. The van der Waals surface area contributed by atoms with Crippen LogP contribution in [0.2, 0.25) is 0 Å². The third kappa shape index (κ3) is 4.81. The fraction of sp³-hybridized carbons (Fsp3) is 0.222. The van der Waals surface area contributed by atoms with Crippen LogP contribution in [0.5, 0.6) is 5.75 Å². The van der Waals surface area contributed by atoms with Gasteiger partial charge in [0.25, 0.3) is 0 Å². The molecular formula is C18H19FN2O3. The largest absolute Gasteiger partial charge is 0.497 e. The van der Waals surface area contributed by atoms with E-state index in [1.54, 1.807) is 20.1 Å². The molecule has 0 aromatic heterocycles. The molecule has 0 aliphatic rings. The van der Waals surface area contributed by atoms with Gasteiger partial charge in [0, 0.05) is 6.04 Å². The van der Waals surface area contributed by atoms with E-state index < -0.39 is 17.6 Å². The molecule has 0 saturated heterocycles. The normalized spacial score (nSPS) is 11.5. The minimum absolute atomic E-state index is 0.0295. The van der Waals surface area contributed by atoms with Crippen LogP contribution >= 0.6 is 0 Å². The summed E-state index contributed by atoms with van der Waals surface area (Å²) in [6.45, 7) is 1.79. The molecule has 0 saturated carbocycles. The molecule has 2 rings (SSSR count). The van der Waals surface area contributed by atoms with Gasteiger partial charge < -0.3 is 15.4 Å². The van der Waals surface area contributed by atoms with Gasteiger partial charge in [-0.3, -0.25) is 9.59 Å². The SMILES string of the molecule is COc1cccc(C[C@@H](C)NC(=O)C(=O)Nc2ccccc2F)c1. The first kappa shape index (κ1) is 17.5. The number of anilines is 1. The average Bonchev–Trinajstić information content (AvgIpc) is 2.56. The second-order valence-corrected chi connectivity index (χ2v) is 5.36. The van der Waals surface area contributed by atoms with Crippen molar-refractivity contribution in [3.8, 4) is 5.75 Å². The number of nitrogens with one attached hydrogen (secondary N) is 2. The van der Waals surface area contributed by atoms with E-state index in [-0.39, 0.29) is 11.7 Å². The summed E-state index contributed by atoms with van der Waals surface area (Å²) < 4.78 is 18.6. The second-order valence-electron chi connectivity index (χ2n) is 5.36. The van der Waals surface area contributed by atoms with Crippen LogP contribution in [0, 0.1) is 5.82 Å². The predicted molar refractivity (Wildman–Crippen MR) is 89.3 cm³/mol. The maximum absolute atomic E-state index is 13.5. The van der Waals surface area contributed by atoms with E-state index in [0.29, 0.717) is 6.42 Å². The topological polar surface area (TPSA) is 67.4 Å². The van der Waals surface area contributed by atoms with Crippen LogP contribution in [-0.4, -0.2) is 25.0 Å². The lowest BCUT2D eigenvalue weighted by atomic mass is 10.1. The first-order valence-electron chi connectivity index (χ1n) is 7.49. The van der Waals surface area contributed by atoms with E-state index in [2.05, 4.69) is 10.6 Å². The van der Waals surface area contributed by atoms with E-state index in [9.17, 15) is 14.0 Å². The van der Waals surface area contributed by atoms with Crippen LogP contribution in [0.1, 0.15) is 12.5 Å². The average molecular weight is 330 g/mol. The fourth-order valence-electron chi connectivity index (χ4n) is 2.24. The highest BCUT2D eigenvalue weighted by Crippen LogP contribution is 2.14. The Bertz CT molecular complexity index is 734. The molecule has 0 bridgehead atoms. The first-order chi connectivity index (χ1) is 11.5. The number of halogens is 1. The Hall–Kier alpha value is -2.89. The lowest BCUT2D eigenvalue weighted by molar-refractivity contribution is -0.136. The number of hydrogen-bond acceptors (Lipinski definition) is 3. The third-order valence-corrected chi connectivity index (χ3v) is 3.38. The Morgan fingerprint density at radius 2 is 1.88 bits per heavy atom. The van der Waals surface area contributed by atoms with Crippen molar-refractivity contribution in [2.45, 2.75) is 19.4 Å². The highest BCUT2D eigenvalue weighted by molar-refractivity contribution is 6.39. The molecular weight excluding hydrogens is 311 g/mol.